The first kappa shape index (κ1) is 22.7. The number of nitrogens with zero attached hydrogens (tertiary/aromatic N) is 4. The van der Waals surface area contributed by atoms with Gasteiger partial charge in [0.05, 0.1) is 12.5 Å². The molecule has 0 aromatic heterocycles. The minimum atomic E-state index is -0.173. The molecule has 0 spiro atoms. The molecule has 0 aliphatic carbocycles. The van der Waals surface area contributed by atoms with Gasteiger partial charge >= 0.3 is 0 Å². The Balaban J connectivity index is 0.00000338. The fraction of sp³-hybridized carbons (Fsp3) is 0.579. The summed E-state index contributed by atoms with van der Waals surface area (Å²) < 4.78 is 0. The van der Waals surface area contributed by atoms with Crippen LogP contribution < -0.4 is 5.73 Å². The van der Waals surface area contributed by atoms with Crippen LogP contribution in [0.5, 0.6) is 0 Å². The number of nitrogens with two attached hydrogens (primary N) is 1. The molecule has 6 nitrogen and oxygen atoms in total. The van der Waals surface area contributed by atoms with Gasteiger partial charge in [0.2, 0.25) is 5.91 Å². The number of guanidine groups is 1. The van der Waals surface area contributed by atoms with Gasteiger partial charge in [-0.15, -0.1) is 24.0 Å². The quantitative estimate of drug-likeness (QED) is 0.404. The zero-order valence-corrected chi connectivity index (χ0v) is 18.6. The number of likely N-dealkylation sites (tertiary alicyclic amines) is 1. The Kier molecular flexibility index (Phi) is 9.35. The topological polar surface area (TPSA) is 65.2 Å². The summed E-state index contributed by atoms with van der Waals surface area (Å²) in [5, 5.41) is 0. The van der Waals surface area contributed by atoms with Crippen molar-refractivity contribution < 1.29 is 4.79 Å². The molecule has 0 radical (unpaired) electrons. The lowest BCUT2D eigenvalue weighted by Gasteiger charge is -2.31. The number of benzene rings is 1. The van der Waals surface area contributed by atoms with Gasteiger partial charge in [-0.05, 0) is 30.5 Å². The molecule has 0 bridgehead atoms. The van der Waals surface area contributed by atoms with Crippen LogP contribution in [-0.4, -0.2) is 67.8 Å². The van der Waals surface area contributed by atoms with Crippen LogP contribution in [-0.2, 0) is 17.9 Å². The minimum Gasteiger partial charge on any atom is -0.369 e. The predicted molar refractivity (Wildman–Crippen MR) is 118 cm³/mol. The Hall–Kier alpha value is -1.35. The SMILES string of the molecule is CN(C)C(=NCc1cccc(CN2CCCC(C(N)=O)C2)c1)N(C)C.I. The van der Waals surface area contributed by atoms with Crippen molar-refractivity contribution in [2.24, 2.45) is 16.6 Å². The third-order valence-electron chi connectivity index (χ3n) is 4.51. The Morgan fingerprint density at radius 3 is 2.50 bits per heavy atom. The fourth-order valence-corrected chi connectivity index (χ4v) is 3.36. The Morgan fingerprint density at radius 1 is 1.23 bits per heavy atom. The molecule has 26 heavy (non-hydrogen) atoms. The number of amides is 1. The molecule has 1 amide bonds. The van der Waals surface area contributed by atoms with E-state index < -0.39 is 0 Å². The van der Waals surface area contributed by atoms with Crippen LogP contribution in [0.1, 0.15) is 24.0 Å². The van der Waals surface area contributed by atoms with Crippen molar-refractivity contribution in [3.63, 3.8) is 0 Å². The van der Waals surface area contributed by atoms with E-state index in [0.29, 0.717) is 6.54 Å². The van der Waals surface area contributed by atoms with Crippen molar-refractivity contribution in [2.45, 2.75) is 25.9 Å². The maximum atomic E-state index is 11.4. The smallest absolute Gasteiger partial charge is 0.221 e. The molecule has 1 saturated heterocycles. The standard InChI is InChI=1S/C19H31N5O.HI/c1-22(2)19(23(3)4)21-12-15-7-5-8-16(11-15)13-24-10-6-9-17(14-24)18(20)25;/h5,7-8,11,17H,6,9-10,12-14H2,1-4H3,(H2,20,25);1H. The van der Waals surface area contributed by atoms with Gasteiger partial charge < -0.3 is 15.5 Å². The van der Waals surface area contributed by atoms with E-state index in [-0.39, 0.29) is 35.8 Å². The first-order chi connectivity index (χ1) is 11.9. The van der Waals surface area contributed by atoms with Gasteiger partial charge in [0.25, 0.3) is 0 Å². The zero-order valence-electron chi connectivity index (χ0n) is 16.3. The molecule has 1 aliphatic rings. The molecule has 7 heteroatoms. The summed E-state index contributed by atoms with van der Waals surface area (Å²) in [6, 6.07) is 8.54. The molecule has 1 aromatic carbocycles. The number of hydrogen-bond donors (Lipinski definition) is 1. The van der Waals surface area contributed by atoms with E-state index in [0.717, 1.165) is 38.4 Å². The highest BCUT2D eigenvalue weighted by molar-refractivity contribution is 14.0. The summed E-state index contributed by atoms with van der Waals surface area (Å²) in [6.07, 6.45) is 1.95. The van der Waals surface area contributed by atoms with E-state index >= 15 is 0 Å². The highest BCUT2D eigenvalue weighted by Crippen LogP contribution is 2.19. The second-order valence-electron chi connectivity index (χ2n) is 7.20. The van der Waals surface area contributed by atoms with E-state index in [1.54, 1.807) is 0 Å². The third kappa shape index (κ3) is 6.75. The van der Waals surface area contributed by atoms with E-state index in [1.165, 1.54) is 11.1 Å². The summed E-state index contributed by atoms with van der Waals surface area (Å²) >= 11 is 0. The summed E-state index contributed by atoms with van der Waals surface area (Å²) in [7, 11) is 8.00. The molecule has 2 N–H and O–H groups in total. The molecule has 1 unspecified atom stereocenters. The average Bonchev–Trinajstić information content (AvgIpc) is 2.55. The summed E-state index contributed by atoms with van der Waals surface area (Å²) in [5.41, 5.74) is 7.93. The molecule has 0 saturated carbocycles. The van der Waals surface area contributed by atoms with Crippen molar-refractivity contribution in [3.05, 3.63) is 35.4 Å². The first-order valence-corrected chi connectivity index (χ1v) is 8.85. The van der Waals surface area contributed by atoms with Crippen molar-refractivity contribution >= 4 is 35.8 Å². The van der Waals surface area contributed by atoms with Crippen LogP contribution in [0.2, 0.25) is 0 Å². The number of hydrogen-bond acceptors (Lipinski definition) is 3. The summed E-state index contributed by atoms with van der Waals surface area (Å²) in [6.45, 7) is 3.31. The molecule has 146 valence electrons. The van der Waals surface area contributed by atoms with Gasteiger partial charge in [-0.2, -0.15) is 0 Å². The number of rotatable bonds is 5. The van der Waals surface area contributed by atoms with E-state index in [9.17, 15) is 4.79 Å². The maximum Gasteiger partial charge on any atom is 0.221 e. The Morgan fingerprint density at radius 2 is 1.88 bits per heavy atom. The van der Waals surface area contributed by atoms with Gasteiger partial charge in [0, 0.05) is 41.3 Å². The second-order valence-corrected chi connectivity index (χ2v) is 7.20. The molecule has 1 fully saturated rings. The van der Waals surface area contributed by atoms with Crippen LogP contribution >= 0.6 is 24.0 Å². The Labute approximate surface area is 174 Å². The Bertz CT molecular complexity index is 608. The lowest BCUT2D eigenvalue weighted by atomic mass is 9.97. The van der Waals surface area contributed by atoms with Crippen LogP contribution in [0.3, 0.4) is 0 Å². The number of carbonyl (C=O) groups excluding carboxylic acids is 1. The maximum absolute atomic E-state index is 11.4. The van der Waals surface area contributed by atoms with E-state index in [2.05, 4.69) is 29.2 Å². The van der Waals surface area contributed by atoms with Gasteiger partial charge in [0.1, 0.15) is 0 Å². The molecule has 1 aliphatic heterocycles. The molecular formula is C19H32IN5O. The predicted octanol–water partition coefficient (Wildman–Crippen LogP) is 1.98. The molecule has 1 atom stereocenters. The zero-order chi connectivity index (χ0) is 18.4. The summed E-state index contributed by atoms with van der Waals surface area (Å²) in [4.78, 5) is 22.5. The fourth-order valence-electron chi connectivity index (χ4n) is 3.36. The monoisotopic (exact) mass is 473 g/mol. The van der Waals surface area contributed by atoms with Crippen LogP contribution in [0.15, 0.2) is 29.3 Å². The first-order valence-electron chi connectivity index (χ1n) is 8.85. The minimum absolute atomic E-state index is 0. The molecule has 2 rings (SSSR count). The lowest BCUT2D eigenvalue weighted by molar-refractivity contribution is -0.123. The van der Waals surface area contributed by atoms with Crippen molar-refractivity contribution in [3.8, 4) is 0 Å². The lowest BCUT2D eigenvalue weighted by Crippen LogP contribution is -2.40. The molecular weight excluding hydrogens is 441 g/mol. The van der Waals surface area contributed by atoms with Crippen LogP contribution in [0.4, 0.5) is 0 Å². The van der Waals surface area contributed by atoms with Gasteiger partial charge in [-0.3, -0.25) is 9.69 Å². The average molecular weight is 473 g/mol. The summed E-state index contributed by atoms with van der Waals surface area (Å²) in [5.74, 6) is 0.766. The third-order valence-corrected chi connectivity index (χ3v) is 4.51. The highest BCUT2D eigenvalue weighted by Gasteiger charge is 2.23. The van der Waals surface area contributed by atoms with Gasteiger partial charge in [-0.25, -0.2) is 4.99 Å². The van der Waals surface area contributed by atoms with Crippen molar-refractivity contribution in [2.75, 3.05) is 41.3 Å². The highest BCUT2D eigenvalue weighted by atomic mass is 127. The van der Waals surface area contributed by atoms with Gasteiger partial charge in [-0.1, -0.05) is 24.3 Å². The van der Waals surface area contributed by atoms with Crippen LogP contribution in [0.25, 0.3) is 0 Å². The number of piperidine rings is 1. The number of aliphatic imine (C=N–C) groups is 1. The molecule has 1 aromatic rings. The number of primary amides is 1. The largest absolute Gasteiger partial charge is 0.369 e. The van der Waals surface area contributed by atoms with E-state index in [1.807, 2.05) is 38.0 Å². The van der Waals surface area contributed by atoms with Gasteiger partial charge in [0.15, 0.2) is 5.96 Å². The van der Waals surface area contributed by atoms with E-state index in [4.69, 9.17) is 10.7 Å². The number of halogens is 1. The van der Waals surface area contributed by atoms with Crippen molar-refractivity contribution in [1.82, 2.24) is 14.7 Å². The normalized spacial score (nSPS) is 17.2. The second kappa shape index (κ2) is 10.7. The van der Waals surface area contributed by atoms with Crippen molar-refractivity contribution in [1.29, 1.82) is 0 Å². The molecule has 1 heterocycles. The van der Waals surface area contributed by atoms with Crippen LogP contribution in [0, 0.1) is 5.92 Å². The number of carbonyl (C=O) groups is 1.